The first kappa shape index (κ1) is 11.6. The quantitative estimate of drug-likeness (QED) is 0.728. The summed E-state index contributed by atoms with van der Waals surface area (Å²) in [5, 5.41) is 5.50. The Labute approximate surface area is 116 Å². The van der Waals surface area contributed by atoms with Crippen molar-refractivity contribution < 1.29 is 4.74 Å². The molecule has 6 heteroatoms. The van der Waals surface area contributed by atoms with Gasteiger partial charge in [0.2, 0.25) is 0 Å². The van der Waals surface area contributed by atoms with Crippen molar-refractivity contribution in [1.29, 1.82) is 0 Å². The van der Waals surface area contributed by atoms with Crippen LogP contribution in [-0.4, -0.2) is 21.4 Å². The fraction of sp³-hybridized carbons (Fsp3) is 0.455. The highest BCUT2D eigenvalue weighted by atomic mass is 79.9. The molecule has 0 bridgehead atoms. The minimum Gasteiger partial charge on any atom is -0.356 e. The van der Waals surface area contributed by atoms with Crippen LogP contribution >= 0.6 is 31.9 Å². The smallest absolute Gasteiger partial charge is 0.162 e. The molecule has 1 aliphatic rings. The molecule has 1 saturated heterocycles. The summed E-state index contributed by atoms with van der Waals surface area (Å²) in [6, 6.07) is 3.92. The van der Waals surface area contributed by atoms with Crippen LogP contribution in [0.1, 0.15) is 25.5 Å². The van der Waals surface area contributed by atoms with Gasteiger partial charge in [0.05, 0.1) is 5.39 Å². The Kier molecular flexibility index (Phi) is 3.19. The standard InChI is InChI=1S/C11H11Br2N3O/c12-8-5-4-7-10(13)15-16(11(7)14-8)9-3-1-2-6-17-9/h4-5,9H,1-3,6H2. The van der Waals surface area contributed by atoms with E-state index in [1.807, 2.05) is 16.8 Å². The Morgan fingerprint density at radius 3 is 2.94 bits per heavy atom. The van der Waals surface area contributed by atoms with Crippen LogP contribution in [0.4, 0.5) is 0 Å². The molecule has 2 aromatic heterocycles. The number of ether oxygens (including phenoxy) is 1. The molecule has 2 aromatic rings. The zero-order valence-corrected chi connectivity index (χ0v) is 12.2. The van der Waals surface area contributed by atoms with Crippen LogP contribution in [0.5, 0.6) is 0 Å². The van der Waals surface area contributed by atoms with E-state index in [0.717, 1.165) is 39.7 Å². The molecule has 0 radical (unpaired) electrons. The summed E-state index contributed by atoms with van der Waals surface area (Å²) >= 11 is 6.86. The molecule has 0 N–H and O–H groups in total. The van der Waals surface area contributed by atoms with E-state index >= 15 is 0 Å². The number of rotatable bonds is 1. The van der Waals surface area contributed by atoms with E-state index in [1.54, 1.807) is 0 Å². The molecule has 1 fully saturated rings. The number of halogens is 2. The van der Waals surface area contributed by atoms with E-state index in [-0.39, 0.29) is 6.23 Å². The van der Waals surface area contributed by atoms with Gasteiger partial charge < -0.3 is 4.74 Å². The molecule has 90 valence electrons. The third-order valence-electron chi connectivity index (χ3n) is 2.90. The fourth-order valence-electron chi connectivity index (χ4n) is 2.07. The van der Waals surface area contributed by atoms with Gasteiger partial charge in [0.25, 0.3) is 0 Å². The van der Waals surface area contributed by atoms with Crippen molar-refractivity contribution in [2.24, 2.45) is 0 Å². The van der Waals surface area contributed by atoms with Crippen molar-refractivity contribution in [3.8, 4) is 0 Å². The average molecular weight is 361 g/mol. The van der Waals surface area contributed by atoms with Crippen molar-refractivity contribution in [2.75, 3.05) is 6.61 Å². The molecule has 0 spiro atoms. The normalized spacial score (nSPS) is 20.9. The lowest BCUT2D eigenvalue weighted by Gasteiger charge is -2.22. The molecule has 0 amide bonds. The van der Waals surface area contributed by atoms with E-state index in [0.29, 0.717) is 0 Å². The molecule has 4 nitrogen and oxygen atoms in total. The molecule has 1 unspecified atom stereocenters. The van der Waals surface area contributed by atoms with E-state index in [1.165, 1.54) is 6.42 Å². The van der Waals surface area contributed by atoms with E-state index in [9.17, 15) is 0 Å². The zero-order chi connectivity index (χ0) is 11.8. The highest BCUT2D eigenvalue weighted by Gasteiger charge is 2.21. The summed E-state index contributed by atoms with van der Waals surface area (Å²) in [6.07, 6.45) is 3.32. The maximum absolute atomic E-state index is 5.75. The van der Waals surface area contributed by atoms with Gasteiger partial charge >= 0.3 is 0 Å². The second kappa shape index (κ2) is 4.66. The topological polar surface area (TPSA) is 39.9 Å². The average Bonchev–Trinajstić information content (AvgIpc) is 2.67. The lowest BCUT2D eigenvalue weighted by Crippen LogP contribution is -2.19. The highest BCUT2D eigenvalue weighted by Crippen LogP contribution is 2.29. The van der Waals surface area contributed by atoms with E-state index in [4.69, 9.17) is 4.74 Å². The van der Waals surface area contributed by atoms with Crippen LogP contribution in [0.3, 0.4) is 0 Å². The minimum atomic E-state index is 0.0133. The maximum atomic E-state index is 5.75. The van der Waals surface area contributed by atoms with Gasteiger partial charge in [-0.1, -0.05) is 0 Å². The van der Waals surface area contributed by atoms with Crippen LogP contribution in [0, 0.1) is 0 Å². The van der Waals surface area contributed by atoms with Gasteiger partial charge in [0.1, 0.15) is 9.21 Å². The first-order valence-electron chi connectivity index (χ1n) is 5.57. The van der Waals surface area contributed by atoms with Crippen LogP contribution in [0.25, 0.3) is 11.0 Å². The number of aromatic nitrogens is 3. The lowest BCUT2D eigenvalue weighted by atomic mass is 10.2. The molecule has 0 aliphatic carbocycles. The second-order valence-electron chi connectivity index (χ2n) is 4.06. The summed E-state index contributed by atoms with van der Waals surface area (Å²) in [4.78, 5) is 4.48. The lowest BCUT2D eigenvalue weighted by molar-refractivity contribution is -0.0371. The molecule has 0 aromatic carbocycles. The van der Waals surface area contributed by atoms with E-state index < -0.39 is 0 Å². The maximum Gasteiger partial charge on any atom is 0.162 e. The molecule has 3 heterocycles. The van der Waals surface area contributed by atoms with Crippen LogP contribution in [0.15, 0.2) is 21.3 Å². The van der Waals surface area contributed by atoms with Gasteiger partial charge in [-0.25, -0.2) is 9.67 Å². The molecule has 3 rings (SSSR count). The van der Waals surface area contributed by atoms with Gasteiger partial charge in [-0.15, -0.1) is 0 Å². The summed E-state index contributed by atoms with van der Waals surface area (Å²) in [7, 11) is 0. The molecule has 17 heavy (non-hydrogen) atoms. The first-order chi connectivity index (χ1) is 8.25. The van der Waals surface area contributed by atoms with Gasteiger partial charge in [-0.3, -0.25) is 0 Å². The number of nitrogens with zero attached hydrogens (tertiary/aromatic N) is 3. The minimum absolute atomic E-state index is 0.0133. The number of hydrogen-bond acceptors (Lipinski definition) is 3. The van der Waals surface area contributed by atoms with Crippen molar-refractivity contribution in [2.45, 2.75) is 25.5 Å². The van der Waals surface area contributed by atoms with E-state index in [2.05, 4.69) is 41.9 Å². The Morgan fingerprint density at radius 1 is 1.29 bits per heavy atom. The fourth-order valence-corrected chi connectivity index (χ4v) is 2.85. The Balaban J connectivity index is 2.11. The Morgan fingerprint density at radius 2 is 2.18 bits per heavy atom. The van der Waals surface area contributed by atoms with Gasteiger partial charge in [-0.2, -0.15) is 5.10 Å². The molecular weight excluding hydrogens is 350 g/mol. The van der Waals surface area contributed by atoms with Crippen molar-refractivity contribution in [3.05, 3.63) is 21.3 Å². The number of hydrogen-bond donors (Lipinski definition) is 0. The summed E-state index contributed by atoms with van der Waals surface area (Å²) in [5.41, 5.74) is 0.859. The Hall–Kier alpha value is -0.460. The summed E-state index contributed by atoms with van der Waals surface area (Å²) in [6.45, 7) is 0.803. The third-order valence-corrected chi connectivity index (χ3v) is 3.93. The molecular formula is C11H11Br2N3O. The second-order valence-corrected chi connectivity index (χ2v) is 5.63. The highest BCUT2D eigenvalue weighted by molar-refractivity contribution is 9.10. The summed E-state index contributed by atoms with van der Waals surface area (Å²) < 4.78 is 9.26. The van der Waals surface area contributed by atoms with Crippen molar-refractivity contribution in [3.63, 3.8) is 0 Å². The van der Waals surface area contributed by atoms with Gasteiger partial charge in [0, 0.05) is 6.61 Å². The van der Waals surface area contributed by atoms with Crippen molar-refractivity contribution >= 4 is 42.9 Å². The number of pyridine rings is 1. The largest absolute Gasteiger partial charge is 0.356 e. The predicted octanol–water partition coefficient (Wildman–Crippen LogP) is 3.66. The van der Waals surface area contributed by atoms with Gasteiger partial charge in [0.15, 0.2) is 11.9 Å². The zero-order valence-electron chi connectivity index (χ0n) is 9.07. The molecule has 0 saturated carbocycles. The van der Waals surface area contributed by atoms with Crippen LogP contribution < -0.4 is 0 Å². The van der Waals surface area contributed by atoms with Crippen molar-refractivity contribution in [1.82, 2.24) is 14.8 Å². The molecule has 1 aliphatic heterocycles. The Bertz CT molecular complexity index is 549. The summed E-state index contributed by atoms with van der Waals surface area (Å²) in [5.74, 6) is 0. The van der Waals surface area contributed by atoms with Gasteiger partial charge in [-0.05, 0) is 63.3 Å². The first-order valence-corrected chi connectivity index (χ1v) is 7.16. The number of fused-ring (bicyclic) bond motifs is 1. The predicted molar refractivity (Wildman–Crippen MR) is 71.8 cm³/mol. The van der Waals surface area contributed by atoms with Crippen LogP contribution in [-0.2, 0) is 4.74 Å². The molecule has 1 atom stereocenters. The van der Waals surface area contributed by atoms with Crippen LogP contribution in [0.2, 0.25) is 0 Å². The monoisotopic (exact) mass is 359 g/mol. The SMILES string of the molecule is Brc1ccc2c(Br)nn(C3CCCCO3)c2n1. The third kappa shape index (κ3) is 2.13.